The van der Waals surface area contributed by atoms with Crippen LogP contribution in [0.4, 0.5) is 10.1 Å². The number of halogens is 1. The molecule has 10 nitrogen and oxygen atoms in total. The molecule has 0 saturated carbocycles. The predicted octanol–water partition coefficient (Wildman–Crippen LogP) is 3.89. The number of amides is 1. The van der Waals surface area contributed by atoms with E-state index in [0.717, 1.165) is 89.2 Å². The van der Waals surface area contributed by atoms with Crippen molar-refractivity contribution in [2.45, 2.75) is 12.8 Å². The molecule has 0 aliphatic carbocycles. The highest BCUT2D eigenvalue weighted by molar-refractivity contribution is 6.02. The van der Waals surface area contributed by atoms with Crippen LogP contribution in [0.3, 0.4) is 0 Å². The van der Waals surface area contributed by atoms with Crippen LogP contribution in [0.2, 0.25) is 0 Å². The zero-order chi connectivity index (χ0) is 31.6. The standard InChI is InChI=1S/C35H41FN6O4/c1-39-12-14-40(15-13-39)10-5-9-38-35(44)27-23-42-29-20-24-6-2-3-7-25(24)21-30(29)46-34-31(28(36)22-26(32(34)42)33(27)43)37-8-4-11-41-16-18-45-19-17-41/h2-3,6-7,20-23,37H,4-5,8-19H2,1H3,(H,38,44). The molecule has 11 heteroatoms. The van der Waals surface area contributed by atoms with Gasteiger partial charge >= 0.3 is 0 Å². The van der Waals surface area contributed by atoms with Crippen molar-refractivity contribution in [1.29, 1.82) is 0 Å². The Labute approximate surface area is 267 Å². The van der Waals surface area contributed by atoms with E-state index >= 15 is 4.39 Å². The van der Waals surface area contributed by atoms with E-state index in [1.54, 1.807) is 6.20 Å². The molecule has 3 aromatic carbocycles. The minimum absolute atomic E-state index is 0.0234. The zero-order valence-corrected chi connectivity index (χ0v) is 26.3. The third-order valence-corrected chi connectivity index (χ3v) is 9.33. The summed E-state index contributed by atoms with van der Waals surface area (Å²) < 4.78 is 29.5. The molecular formula is C35H41FN6O4. The maximum Gasteiger partial charge on any atom is 0.256 e. The number of carbonyl (C=O) groups excluding carboxylic acids is 1. The molecule has 3 aliphatic heterocycles. The van der Waals surface area contributed by atoms with Gasteiger partial charge < -0.3 is 34.5 Å². The molecule has 2 fully saturated rings. The lowest BCUT2D eigenvalue weighted by Gasteiger charge is -2.32. The first-order valence-electron chi connectivity index (χ1n) is 16.3. The third kappa shape index (κ3) is 6.20. The molecule has 0 atom stereocenters. The van der Waals surface area contributed by atoms with Gasteiger partial charge in [0.05, 0.1) is 24.3 Å². The van der Waals surface area contributed by atoms with Crippen molar-refractivity contribution >= 4 is 33.3 Å². The third-order valence-electron chi connectivity index (χ3n) is 9.33. The molecule has 2 N–H and O–H groups in total. The van der Waals surface area contributed by atoms with Gasteiger partial charge in [0, 0.05) is 58.6 Å². The van der Waals surface area contributed by atoms with Crippen molar-refractivity contribution in [3.63, 3.8) is 0 Å². The van der Waals surface area contributed by atoms with Crippen molar-refractivity contribution < 1.29 is 18.7 Å². The van der Waals surface area contributed by atoms with Crippen LogP contribution in [-0.4, -0.2) is 111 Å². The van der Waals surface area contributed by atoms with Crippen LogP contribution < -0.4 is 20.8 Å². The lowest BCUT2D eigenvalue weighted by atomic mass is 10.0. The molecule has 1 aromatic heterocycles. The van der Waals surface area contributed by atoms with E-state index in [9.17, 15) is 9.59 Å². The Morgan fingerprint density at radius 1 is 0.913 bits per heavy atom. The molecule has 0 unspecified atom stereocenters. The Morgan fingerprint density at radius 2 is 1.61 bits per heavy atom. The number of morpholine rings is 1. The van der Waals surface area contributed by atoms with E-state index in [2.05, 4.69) is 32.4 Å². The Morgan fingerprint density at radius 3 is 2.37 bits per heavy atom. The normalized spacial score (nSPS) is 17.2. The van der Waals surface area contributed by atoms with Crippen LogP contribution >= 0.6 is 0 Å². The molecule has 1 amide bonds. The number of piperazine rings is 1. The molecule has 0 bridgehead atoms. The number of nitrogens with one attached hydrogen (secondary N) is 2. The maximum atomic E-state index is 15.9. The van der Waals surface area contributed by atoms with Gasteiger partial charge in [0.2, 0.25) is 5.43 Å². The van der Waals surface area contributed by atoms with Crippen LogP contribution in [0.5, 0.6) is 11.5 Å². The summed E-state index contributed by atoms with van der Waals surface area (Å²) in [6.07, 6.45) is 3.16. The second kappa shape index (κ2) is 13.4. The van der Waals surface area contributed by atoms with Crippen molar-refractivity contribution in [1.82, 2.24) is 24.6 Å². The fourth-order valence-electron chi connectivity index (χ4n) is 6.64. The van der Waals surface area contributed by atoms with E-state index in [4.69, 9.17) is 9.47 Å². The zero-order valence-electron chi connectivity index (χ0n) is 26.3. The summed E-state index contributed by atoms with van der Waals surface area (Å²) in [6, 6.07) is 13.1. The van der Waals surface area contributed by atoms with E-state index in [1.807, 2.05) is 41.0 Å². The van der Waals surface area contributed by atoms with Gasteiger partial charge in [0.15, 0.2) is 17.3 Å². The molecule has 2 saturated heterocycles. The van der Waals surface area contributed by atoms with Crippen molar-refractivity contribution in [3.05, 3.63) is 70.3 Å². The van der Waals surface area contributed by atoms with Crippen LogP contribution in [-0.2, 0) is 4.74 Å². The van der Waals surface area contributed by atoms with Crippen LogP contribution in [0.1, 0.15) is 23.2 Å². The van der Waals surface area contributed by atoms with Gasteiger partial charge in [-0.1, -0.05) is 24.3 Å². The number of nitrogens with zero attached hydrogens (tertiary/aromatic N) is 4. The highest BCUT2D eigenvalue weighted by atomic mass is 19.1. The average Bonchev–Trinajstić information content (AvgIpc) is 3.07. The number of fused-ring (bicyclic) bond motifs is 3. The minimum Gasteiger partial charge on any atom is -0.451 e. The fraction of sp³-hybridized carbons (Fsp3) is 0.429. The van der Waals surface area contributed by atoms with Gasteiger partial charge in [-0.05, 0) is 62.0 Å². The molecule has 3 aliphatic rings. The summed E-state index contributed by atoms with van der Waals surface area (Å²) in [5, 5.41) is 8.25. The number of pyridine rings is 1. The monoisotopic (exact) mass is 628 g/mol. The van der Waals surface area contributed by atoms with Crippen LogP contribution in [0.15, 0.2) is 53.5 Å². The van der Waals surface area contributed by atoms with E-state index < -0.39 is 17.2 Å². The lowest BCUT2D eigenvalue weighted by molar-refractivity contribution is 0.0378. The van der Waals surface area contributed by atoms with Gasteiger partial charge in [-0.3, -0.25) is 14.5 Å². The highest BCUT2D eigenvalue weighted by Crippen LogP contribution is 2.46. The van der Waals surface area contributed by atoms with E-state index in [-0.39, 0.29) is 22.4 Å². The maximum absolute atomic E-state index is 15.9. The summed E-state index contributed by atoms with van der Waals surface area (Å²) in [5.41, 5.74) is 0.795. The summed E-state index contributed by atoms with van der Waals surface area (Å²) in [4.78, 5) is 34.3. The highest BCUT2D eigenvalue weighted by Gasteiger charge is 2.29. The average molecular weight is 629 g/mol. The second-order valence-corrected chi connectivity index (χ2v) is 12.5. The predicted molar refractivity (Wildman–Crippen MR) is 178 cm³/mol. The Balaban J connectivity index is 1.19. The Hall–Kier alpha value is -4.03. The number of anilines is 1. The van der Waals surface area contributed by atoms with Crippen molar-refractivity contribution in [3.8, 4) is 17.2 Å². The number of ether oxygens (including phenoxy) is 2. The minimum atomic E-state index is -0.591. The fourth-order valence-corrected chi connectivity index (χ4v) is 6.64. The van der Waals surface area contributed by atoms with E-state index in [0.29, 0.717) is 30.0 Å². The number of benzene rings is 3. The van der Waals surface area contributed by atoms with Gasteiger partial charge in [0.1, 0.15) is 16.8 Å². The molecule has 4 heterocycles. The molecule has 0 spiro atoms. The summed E-state index contributed by atoms with van der Waals surface area (Å²) in [7, 11) is 2.12. The molecule has 4 aromatic rings. The number of rotatable bonds is 10. The molecule has 242 valence electrons. The molecular weight excluding hydrogens is 587 g/mol. The number of hydrogen-bond acceptors (Lipinski definition) is 8. The van der Waals surface area contributed by atoms with Gasteiger partial charge in [-0.25, -0.2) is 4.39 Å². The summed E-state index contributed by atoms with van der Waals surface area (Å²) in [6.45, 7) is 10.0. The quantitative estimate of drug-likeness (QED) is 0.225. The van der Waals surface area contributed by atoms with Gasteiger partial charge in [-0.2, -0.15) is 0 Å². The summed E-state index contributed by atoms with van der Waals surface area (Å²) in [5.74, 6) is -0.279. The van der Waals surface area contributed by atoms with Gasteiger partial charge in [-0.15, -0.1) is 0 Å². The molecule has 7 rings (SSSR count). The molecule has 0 radical (unpaired) electrons. The van der Waals surface area contributed by atoms with Crippen molar-refractivity contribution in [2.24, 2.45) is 0 Å². The number of carbonyl (C=O) groups is 1. The first kappa shape index (κ1) is 30.6. The largest absolute Gasteiger partial charge is 0.451 e. The Bertz CT molecular complexity index is 1810. The number of aromatic nitrogens is 1. The SMILES string of the molecule is CN1CCN(CCCNC(=O)c2cn3c4c(c(NCCCN5CCOCC5)c(F)cc4c2=O)Oc2cc4ccccc4cc2-3)CC1. The summed E-state index contributed by atoms with van der Waals surface area (Å²) >= 11 is 0. The topological polar surface area (TPSA) is 91.3 Å². The Kier molecular flexibility index (Phi) is 8.90. The van der Waals surface area contributed by atoms with Crippen LogP contribution in [0.25, 0.3) is 27.4 Å². The van der Waals surface area contributed by atoms with Crippen LogP contribution in [0, 0.1) is 5.82 Å². The second-order valence-electron chi connectivity index (χ2n) is 12.5. The number of likely N-dealkylation sites (N-methyl/N-ethyl adjacent to an activating group) is 1. The first-order chi connectivity index (χ1) is 22.5. The first-order valence-corrected chi connectivity index (χ1v) is 16.3. The van der Waals surface area contributed by atoms with Gasteiger partial charge in [0.25, 0.3) is 5.91 Å². The number of hydrogen-bond donors (Lipinski definition) is 2. The lowest BCUT2D eigenvalue weighted by Crippen LogP contribution is -2.45. The van der Waals surface area contributed by atoms with Crippen molar-refractivity contribution in [2.75, 3.05) is 91.0 Å². The molecule has 46 heavy (non-hydrogen) atoms. The van der Waals surface area contributed by atoms with E-state index in [1.165, 1.54) is 6.07 Å². The smallest absolute Gasteiger partial charge is 0.256 e.